The number of rotatable bonds is 5. The summed E-state index contributed by atoms with van der Waals surface area (Å²) in [5.41, 5.74) is 9.67. The van der Waals surface area contributed by atoms with Crippen molar-refractivity contribution in [2.75, 3.05) is 6.61 Å². The minimum absolute atomic E-state index is 0.0255. The third kappa shape index (κ3) is 4.33. The van der Waals surface area contributed by atoms with Gasteiger partial charge in [-0.15, -0.1) is 0 Å². The maximum absolute atomic E-state index is 11.9. The van der Waals surface area contributed by atoms with Crippen LogP contribution in [0.5, 0.6) is 5.75 Å². The van der Waals surface area contributed by atoms with E-state index in [0.717, 1.165) is 30.6 Å². The van der Waals surface area contributed by atoms with Crippen molar-refractivity contribution >= 4 is 5.91 Å². The Balaban J connectivity index is 1.50. The molecule has 0 saturated heterocycles. The number of hydrogen-bond donors (Lipinski definition) is 2. The fourth-order valence-corrected chi connectivity index (χ4v) is 2.85. The fraction of sp³-hybridized carbons (Fsp3) is 0.316. The molecule has 0 saturated carbocycles. The topological polar surface area (TPSA) is 64.3 Å². The maximum Gasteiger partial charge on any atom is 0.258 e. The molecule has 0 heterocycles. The van der Waals surface area contributed by atoms with E-state index < -0.39 is 0 Å². The average molecular weight is 310 g/mol. The Hall–Kier alpha value is -2.33. The third-order valence-electron chi connectivity index (χ3n) is 4.15. The molecule has 0 unspecified atom stereocenters. The van der Waals surface area contributed by atoms with Gasteiger partial charge in [-0.25, -0.2) is 0 Å². The molecule has 120 valence electrons. The second-order valence-electron chi connectivity index (χ2n) is 5.98. The Morgan fingerprint density at radius 2 is 2.00 bits per heavy atom. The smallest absolute Gasteiger partial charge is 0.258 e. The van der Waals surface area contributed by atoms with Crippen LogP contribution in [0.1, 0.15) is 23.1 Å². The van der Waals surface area contributed by atoms with Crippen molar-refractivity contribution in [1.29, 1.82) is 0 Å². The van der Waals surface area contributed by atoms with Crippen LogP contribution in [0.2, 0.25) is 0 Å². The number of fused-ring (bicyclic) bond motifs is 1. The predicted octanol–water partition coefficient (Wildman–Crippen LogP) is 2.20. The van der Waals surface area contributed by atoms with Gasteiger partial charge in [0.2, 0.25) is 0 Å². The number of carbonyl (C=O) groups excluding carboxylic acids is 1. The molecule has 0 aliphatic heterocycles. The largest absolute Gasteiger partial charge is 0.484 e. The molecular formula is C19H22N2O2. The third-order valence-corrected chi connectivity index (χ3v) is 4.15. The summed E-state index contributed by atoms with van der Waals surface area (Å²) in [6.07, 6.45) is 2.94. The molecule has 2 aromatic rings. The first-order chi connectivity index (χ1) is 11.2. The van der Waals surface area contributed by atoms with Gasteiger partial charge in [-0.05, 0) is 48.1 Å². The highest BCUT2D eigenvalue weighted by molar-refractivity contribution is 5.77. The number of benzene rings is 2. The Morgan fingerprint density at radius 1 is 1.17 bits per heavy atom. The summed E-state index contributed by atoms with van der Waals surface area (Å²) in [4.78, 5) is 11.9. The second kappa shape index (κ2) is 7.29. The van der Waals surface area contributed by atoms with Gasteiger partial charge in [0.25, 0.3) is 5.91 Å². The first-order valence-corrected chi connectivity index (χ1v) is 8.01. The number of nitrogens with two attached hydrogens (primary N) is 1. The molecule has 1 aliphatic rings. The van der Waals surface area contributed by atoms with Crippen LogP contribution in [0.15, 0.2) is 48.5 Å². The van der Waals surface area contributed by atoms with E-state index in [9.17, 15) is 4.79 Å². The van der Waals surface area contributed by atoms with E-state index in [2.05, 4.69) is 11.4 Å². The van der Waals surface area contributed by atoms with Crippen LogP contribution in [0.4, 0.5) is 0 Å². The van der Waals surface area contributed by atoms with Crippen molar-refractivity contribution in [2.45, 2.75) is 31.8 Å². The quantitative estimate of drug-likeness (QED) is 0.890. The minimum Gasteiger partial charge on any atom is -0.484 e. The highest BCUT2D eigenvalue weighted by Gasteiger charge is 2.16. The Bertz CT molecular complexity index is 670. The highest BCUT2D eigenvalue weighted by Crippen LogP contribution is 2.24. The summed E-state index contributed by atoms with van der Waals surface area (Å²) in [7, 11) is 0. The van der Waals surface area contributed by atoms with Crippen LogP contribution in [0.25, 0.3) is 0 Å². The van der Waals surface area contributed by atoms with Gasteiger partial charge in [-0.2, -0.15) is 0 Å². The zero-order valence-corrected chi connectivity index (χ0v) is 13.1. The van der Waals surface area contributed by atoms with Crippen LogP contribution in [0, 0.1) is 0 Å². The minimum atomic E-state index is -0.122. The lowest BCUT2D eigenvalue weighted by Gasteiger charge is -2.21. The molecule has 0 fully saturated rings. The Kier molecular flexibility index (Phi) is 4.93. The normalized spacial score (nSPS) is 16.5. The van der Waals surface area contributed by atoms with Crippen molar-refractivity contribution < 1.29 is 9.53 Å². The first-order valence-electron chi connectivity index (χ1n) is 8.01. The Labute approximate surface area is 136 Å². The summed E-state index contributed by atoms with van der Waals surface area (Å²) < 4.78 is 5.60. The second-order valence-corrected chi connectivity index (χ2v) is 5.98. The molecule has 4 heteroatoms. The SMILES string of the molecule is N[C@H]1CCc2ccc(OCC(=O)NCc3ccccc3)cc2C1. The molecule has 23 heavy (non-hydrogen) atoms. The summed E-state index contributed by atoms with van der Waals surface area (Å²) in [6, 6.07) is 16.1. The molecule has 0 bridgehead atoms. The van der Waals surface area contributed by atoms with Gasteiger partial charge in [0.1, 0.15) is 5.75 Å². The number of nitrogens with one attached hydrogen (secondary N) is 1. The number of hydrogen-bond acceptors (Lipinski definition) is 3. The van der Waals surface area contributed by atoms with Crippen molar-refractivity contribution in [3.05, 3.63) is 65.2 Å². The van der Waals surface area contributed by atoms with Crippen LogP contribution in [-0.4, -0.2) is 18.6 Å². The van der Waals surface area contributed by atoms with E-state index in [0.29, 0.717) is 6.54 Å². The molecule has 3 N–H and O–H groups in total. The standard InChI is InChI=1S/C19H22N2O2/c20-17-8-6-15-7-9-18(11-16(15)10-17)23-13-19(22)21-12-14-4-2-1-3-5-14/h1-5,7,9,11,17H,6,8,10,12-13,20H2,(H,21,22)/t17-/m0/s1. The zero-order valence-electron chi connectivity index (χ0n) is 13.1. The predicted molar refractivity (Wildman–Crippen MR) is 90.2 cm³/mol. The number of ether oxygens (including phenoxy) is 1. The highest BCUT2D eigenvalue weighted by atomic mass is 16.5. The van der Waals surface area contributed by atoms with Crippen LogP contribution < -0.4 is 15.8 Å². The van der Waals surface area contributed by atoms with Gasteiger partial charge in [0, 0.05) is 12.6 Å². The molecule has 0 aromatic heterocycles. The number of aryl methyl sites for hydroxylation is 1. The van der Waals surface area contributed by atoms with Crippen molar-refractivity contribution in [1.82, 2.24) is 5.32 Å². The van der Waals surface area contributed by atoms with E-state index in [1.807, 2.05) is 42.5 Å². The monoisotopic (exact) mass is 310 g/mol. The fourth-order valence-electron chi connectivity index (χ4n) is 2.85. The molecule has 2 aromatic carbocycles. The zero-order chi connectivity index (χ0) is 16.1. The van der Waals surface area contributed by atoms with Crippen molar-refractivity contribution in [3.8, 4) is 5.75 Å². The number of carbonyl (C=O) groups is 1. The lowest BCUT2D eigenvalue weighted by molar-refractivity contribution is -0.123. The lowest BCUT2D eigenvalue weighted by atomic mass is 9.89. The molecular weight excluding hydrogens is 288 g/mol. The van der Waals surface area contributed by atoms with Crippen LogP contribution in [0.3, 0.4) is 0 Å². The van der Waals surface area contributed by atoms with E-state index in [4.69, 9.17) is 10.5 Å². The van der Waals surface area contributed by atoms with E-state index in [1.165, 1.54) is 11.1 Å². The van der Waals surface area contributed by atoms with Gasteiger partial charge >= 0.3 is 0 Å². The Morgan fingerprint density at radius 3 is 2.83 bits per heavy atom. The lowest BCUT2D eigenvalue weighted by Crippen LogP contribution is -2.29. The van der Waals surface area contributed by atoms with E-state index in [1.54, 1.807) is 0 Å². The number of amides is 1. The summed E-state index contributed by atoms with van der Waals surface area (Å²) in [5.74, 6) is 0.607. The van der Waals surface area contributed by atoms with Gasteiger partial charge in [-0.1, -0.05) is 36.4 Å². The summed E-state index contributed by atoms with van der Waals surface area (Å²) in [5, 5.41) is 2.85. The molecule has 4 nitrogen and oxygen atoms in total. The van der Waals surface area contributed by atoms with Gasteiger partial charge in [0.05, 0.1) is 0 Å². The van der Waals surface area contributed by atoms with Crippen LogP contribution in [-0.2, 0) is 24.2 Å². The van der Waals surface area contributed by atoms with E-state index in [-0.39, 0.29) is 18.6 Å². The molecule has 3 rings (SSSR count). The van der Waals surface area contributed by atoms with Gasteiger partial charge in [0.15, 0.2) is 6.61 Å². The average Bonchev–Trinajstić information content (AvgIpc) is 2.58. The summed E-state index contributed by atoms with van der Waals surface area (Å²) in [6.45, 7) is 0.541. The maximum atomic E-state index is 11.9. The molecule has 1 amide bonds. The van der Waals surface area contributed by atoms with Crippen molar-refractivity contribution in [3.63, 3.8) is 0 Å². The molecule has 0 radical (unpaired) electrons. The van der Waals surface area contributed by atoms with Gasteiger partial charge in [-0.3, -0.25) is 4.79 Å². The van der Waals surface area contributed by atoms with E-state index >= 15 is 0 Å². The molecule has 1 aliphatic carbocycles. The van der Waals surface area contributed by atoms with Crippen molar-refractivity contribution in [2.24, 2.45) is 5.73 Å². The molecule has 0 spiro atoms. The van der Waals surface area contributed by atoms with Gasteiger partial charge < -0.3 is 15.8 Å². The summed E-state index contributed by atoms with van der Waals surface area (Å²) >= 11 is 0. The molecule has 1 atom stereocenters. The van der Waals surface area contributed by atoms with Crippen LogP contribution >= 0.6 is 0 Å². The first kappa shape index (κ1) is 15.6.